The second-order valence-corrected chi connectivity index (χ2v) is 11.7. The van der Waals surface area contributed by atoms with E-state index in [4.69, 9.17) is 16.2 Å². The standard InChI is InChI=1S/C32H34FN9O3/c1-17(2)11-25(34)30(44)45-16-23-22(28-38-31(35)40-32(39-28)37-21-14-36-41(3)15-21)5-4-6-26(23)42-10-9-19-12-20(18-7-8-18)13-24(33)27(19)29(42)43/h4-6,9-10,12-15,17-18,25H,7-8,11,16,34H2,1-3H3,(H3,35,37,38,39,40). The molecule has 3 aromatic heterocycles. The van der Waals surface area contributed by atoms with E-state index >= 15 is 4.39 Å². The van der Waals surface area contributed by atoms with Gasteiger partial charge in [0.1, 0.15) is 18.5 Å². The van der Waals surface area contributed by atoms with Crippen LogP contribution in [0.3, 0.4) is 0 Å². The van der Waals surface area contributed by atoms with Crippen molar-refractivity contribution in [2.75, 3.05) is 11.1 Å². The molecule has 5 aromatic rings. The molecule has 3 heterocycles. The number of aromatic nitrogens is 6. The SMILES string of the molecule is CC(C)CC(N)C(=O)OCc1c(-c2nc(N)nc(Nc3cnn(C)c3)n2)cccc1-n1ccc2cc(C3CC3)cc(F)c2c1=O. The number of carbonyl (C=O) groups excluding carboxylic acids is 1. The fourth-order valence-electron chi connectivity index (χ4n) is 5.39. The van der Waals surface area contributed by atoms with Crippen LogP contribution in [-0.2, 0) is 23.2 Å². The Hall–Kier alpha value is -5.17. The van der Waals surface area contributed by atoms with E-state index in [0.29, 0.717) is 40.2 Å². The molecule has 0 bridgehead atoms. The van der Waals surface area contributed by atoms with Crippen LogP contribution in [0.15, 0.2) is 59.8 Å². The zero-order chi connectivity index (χ0) is 31.8. The monoisotopic (exact) mass is 611 g/mol. The summed E-state index contributed by atoms with van der Waals surface area (Å²) in [6.07, 6.45) is 7.40. The smallest absolute Gasteiger partial charge is 0.323 e. The summed E-state index contributed by atoms with van der Waals surface area (Å²) in [6, 6.07) is 9.32. The lowest BCUT2D eigenvalue weighted by Crippen LogP contribution is -2.33. The minimum absolute atomic E-state index is 0.0263. The number of fused-ring (bicyclic) bond motifs is 1. The van der Waals surface area contributed by atoms with Gasteiger partial charge in [-0.2, -0.15) is 20.1 Å². The minimum atomic E-state index is -0.832. The number of aryl methyl sites for hydroxylation is 1. The number of rotatable bonds is 10. The predicted octanol–water partition coefficient (Wildman–Crippen LogP) is 4.34. The molecule has 12 nitrogen and oxygen atoms in total. The number of nitrogens with zero attached hydrogens (tertiary/aromatic N) is 6. The van der Waals surface area contributed by atoms with Gasteiger partial charge in [-0.15, -0.1) is 0 Å². The van der Waals surface area contributed by atoms with Gasteiger partial charge in [0.05, 0.1) is 23.0 Å². The highest BCUT2D eigenvalue weighted by Gasteiger charge is 2.26. The second-order valence-electron chi connectivity index (χ2n) is 11.7. The van der Waals surface area contributed by atoms with Gasteiger partial charge in [0.15, 0.2) is 5.82 Å². The molecule has 232 valence electrons. The van der Waals surface area contributed by atoms with Gasteiger partial charge in [-0.3, -0.25) is 18.8 Å². The first kappa shape index (κ1) is 29.9. The van der Waals surface area contributed by atoms with Crippen molar-refractivity contribution in [3.05, 3.63) is 82.3 Å². The zero-order valence-corrected chi connectivity index (χ0v) is 25.2. The van der Waals surface area contributed by atoms with Crippen LogP contribution in [0, 0.1) is 11.7 Å². The Morgan fingerprint density at radius 2 is 1.98 bits per heavy atom. The van der Waals surface area contributed by atoms with Gasteiger partial charge in [-0.25, -0.2) is 4.39 Å². The third-order valence-electron chi connectivity index (χ3n) is 7.68. The minimum Gasteiger partial charge on any atom is -0.460 e. The Balaban J connectivity index is 1.46. The predicted molar refractivity (Wildman–Crippen MR) is 168 cm³/mol. The number of nitrogen functional groups attached to an aromatic ring is 1. The first-order valence-electron chi connectivity index (χ1n) is 14.7. The second kappa shape index (κ2) is 12.1. The number of carbonyl (C=O) groups is 1. The summed E-state index contributed by atoms with van der Waals surface area (Å²) in [5.41, 5.74) is 14.3. The number of anilines is 3. The van der Waals surface area contributed by atoms with E-state index in [-0.39, 0.29) is 35.6 Å². The topological polar surface area (TPSA) is 169 Å². The first-order valence-corrected chi connectivity index (χ1v) is 14.7. The summed E-state index contributed by atoms with van der Waals surface area (Å²) < 4.78 is 24.0. The molecule has 1 saturated carbocycles. The van der Waals surface area contributed by atoms with E-state index < -0.39 is 23.4 Å². The summed E-state index contributed by atoms with van der Waals surface area (Å²) in [7, 11) is 1.77. The van der Waals surface area contributed by atoms with E-state index in [1.165, 1.54) is 10.6 Å². The van der Waals surface area contributed by atoms with Gasteiger partial charge in [-0.05, 0) is 60.2 Å². The van der Waals surface area contributed by atoms with Crippen LogP contribution in [-0.4, -0.2) is 41.3 Å². The molecule has 0 aliphatic heterocycles. The number of hydrogen-bond donors (Lipinski definition) is 3. The van der Waals surface area contributed by atoms with E-state index in [1.54, 1.807) is 54.6 Å². The molecule has 0 amide bonds. The molecule has 13 heteroatoms. The fourth-order valence-corrected chi connectivity index (χ4v) is 5.39. The number of nitrogens with two attached hydrogens (primary N) is 2. The van der Waals surface area contributed by atoms with Crippen LogP contribution in [0.25, 0.3) is 27.8 Å². The summed E-state index contributed by atoms with van der Waals surface area (Å²) in [5.74, 6) is -0.388. The van der Waals surface area contributed by atoms with Crippen molar-refractivity contribution in [2.45, 2.75) is 51.7 Å². The highest BCUT2D eigenvalue weighted by molar-refractivity contribution is 5.84. The van der Waals surface area contributed by atoms with Crippen molar-refractivity contribution in [2.24, 2.45) is 18.7 Å². The Morgan fingerprint density at radius 1 is 1.18 bits per heavy atom. The maximum atomic E-state index is 15.4. The van der Waals surface area contributed by atoms with E-state index in [9.17, 15) is 9.59 Å². The van der Waals surface area contributed by atoms with Gasteiger partial charge in [0.25, 0.3) is 5.56 Å². The number of esters is 1. The first-order chi connectivity index (χ1) is 21.6. The molecule has 1 unspecified atom stereocenters. The normalized spacial score (nSPS) is 13.7. The van der Waals surface area contributed by atoms with Crippen molar-refractivity contribution < 1.29 is 13.9 Å². The molecule has 0 spiro atoms. The maximum absolute atomic E-state index is 15.4. The Bertz CT molecular complexity index is 1970. The van der Waals surface area contributed by atoms with Crippen LogP contribution in [0.5, 0.6) is 0 Å². The molecule has 5 N–H and O–H groups in total. The Morgan fingerprint density at radius 3 is 2.69 bits per heavy atom. The van der Waals surface area contributed by atoms with Gasteiger partial charge < -0.3 is 21.5 Å². The number of hydrogen-bond acceptors (Lipinski definition) is 10. The quantitative estimate of drug-likeness (QED) is 0.193. The molecule has 0 saturated heterocycles. The lowest BCUT2D eigenvalue weighted by atomic mass is 10.0. The maximum Gasteiger partial charge on any atom is 0.323 e. The number of halogens is 1. The van der Waals surface area contributed by atoms with Crippen molar-refractivity contribution in [3.8, 4) is 17.1 Å². The molecule has 1 aliphatic carbocycles. The van der Waals surface area contributed by atoms with Crippen molar-refractivity contribution in [3.63, 3.8) is 0 Å². The summed E-state index contributed by atoms with van der Waals surface area (Å²) in [4.78, 5) is 39.8. The van der Waals surface area contributed by atoms with Crippen LogP contribution in [0.4, 0.5) is 22.0 Å². The fraction of sp³-hybridized carbons (Fsp3) is 0.312. The van der Waals surface area contributed by atoms with Gasteiger partial charge >= 0.3 is 5.97 Å². The summed E-state index contributed by atoms with van der Waals surface area (Å²) >= 11 is 0. The van der Waals surface area contributed by atoms with Crippen molar-refractivity contribution >= 4 is 34.3 Å². The van der Waals surface area contributed by atoms with E-state index in [0.717, 1.165) is 18.4 Å². The average molecular weight is 612 g/mol. The molecule has 6 rings (SSSR count). The van der Waals surface area contributed by atoms with Gasteiger partial charge in [0, 0.05) is 30.6 Å². The lowest BCUT2D eigenvalue weighted by molar-refractivity contribution is -0.146. The number of ether oxygens (including phenoxy) is 1. The highest BCUT2D eigenvalue weighted by Crippen LogP contribution is 2.41. The molecule has 45 heavy (non-hydrogen) atoms. The van der Waals surface area contributed by atoms with Gasteiger partial charge in [-0.1, -0.05) is 32.0 Å². The summed E-state index contributed by atoms with van der Waals surface area (Å²) in [6.45, 7) is 3.66. The molecular weight excluding hydrogens is 577 g/mol. The number of pyridine rings is 1. The van der Waals surface area contributed by atoms with Crippen molar-refractivity contribution in [1.29, 1.82) is 0 Å². The Kier molecular flexibility index (Phi) is 8.02. The third-order valence-corrected chi connectivity index (χ3v) is 7.68. The van der Waals surface area contributed by atoms with Crippen LogP contribution >= 0.6 is 0 Å². The Labute approximate surface area is 258 Å². The molecule has 1 fully saturated rings. The summed E-state index contributed by atoms with van der Waals surface area (Å²) in [5, 5.41) is 7.69. The average Bonchev–Trinajstić information content (AvgIpc) is 3.76. The van der Waals surface area contributed by atoms with Crippen LogP contribution in [0.2, 0.25) is 0 Å². The highest BCUT2D eigenvalue weighted by atomic mass is 19.1. The lowest BCUT2D eigenvalue weighted by Gasteiger charge is -2.19. The van der Waals surface area contributed by atoms with Crippen molar-refractivity contribution in [1.82, 2.24) is 29.3 Å². The van der Waals surface area contributed by atoms with Crippen LogP contribution in [0.1, 0.15) is 50.2 Å². The number of benzene rings is 2. The molecular formula is C32H34FN9O3. The number of nitrogens with one attached hydrogen (secondary N) is 1. The van der Waals surface area contributed by atoms with Crippen LogP contribution < -0.4 is 22.3 Å². The van der Waals surface area contributed by atoms with E-state index in [1.807, 2.05) is 19.9 Å². The molecule has 1 atom stereocenters. The zero-order valence-electron chi connectivity index (χ0n) is 25.2. The van der Waals surface area contributed by atoms with Gasteiger partial charge in [0.2, 0.25) is 11.9 Å². The third kappa shape index (κ3) is 6.38. The largest absolute Gasteiger partial charge is 0.460 e. The molecule has 1 aliphatic rings. The molecule has 0 radical (unpaired) electrons. The van der Waals surface area contributed by atoms with E-state index in [2.05, 4.69) is 25.4 Å². The molecule has 2 aromatic carbocycles.